The normalized spacial score (nSPS) is 16.3. The first-order valence-corrected chi connectivity index (χ1v) is 28.3. The summed E-state index contributed by atoms with van der Waals surface area (Å²) in [5.41, 5.74) is 3.02. The number of hydrogen-bond donors (Lipinski definition) is 0. The fourth-order valence-corrected chi connectivity index (χ4v) is 33.5. The van der Waals surface area contributed by atoms with Gasteiger partial charge in [-0.3, -0.25) is 0 Å². The van der Waals surface area contributed by atoms with Gasteiger partial charge < -0.3 is 0 Å². The van der Waals surface area contributed by atoms with Gasteiger partial charge in [-0.15, -0.1) is 0 Å². The maximum absolute atomic E-state index is 3.07. The molecule has 48 heavy (non-hydrogen) atoms. The molecule has 236 valence electrons. The fraction of sp³-hybridized carbons (Fsp3) is 0.130. The average molecular weight is 779 g/mol. The van der Waals surface area contributed by atoms with E-state index in [0.29, 0.717) is 0 Å². The molecule has 0 amide bonds. The third-order valence-corrected chi connectivity index (χ3v) is 35.7. The molecule has 0 N–H and O–H groups in total. The number of allylic oxidation sites excluding steroid dienone is 16. The second-order valence-corrected chi connectivity index (χ2v) is 33.1. The molecule has 0 heterocycles. The molecule has 4 aromatic carbocycles. The first-order valence-electron chi connectivity index (χ1n) is 17.4. The Hall–Kier alpha value is -3.43. The summed E-state index contributed by atoms with van der Waals surface area (Å²) in [6, 6.07) is 44.8. The van der Waals surface area contributed by atoms with Gasteiger partial charge in [-0.2, -0.15) is 0 Å². The second kappa shape index (κ2) is 15.9. The summed E-state index contributed by atoms with van der Waals surface area (Å²) in [5.74, 6) is 0. The van der Waals surface area contributed by atoms with Crippen molar-refractivity contribution in [2.75, 3.05) is 0 Å². The van der Waals surface area contributed by atoms with E-state index in [2.05, 4.69) is 194 Å². The van der Waals surface area contributed by atoms with E-state index in [4.69, 9.17) is 0 Å². The molecule has 0 nitrogen and oxygen atoms in total. The molecule has 4 aliphatic carbocycles. The van der Waals surface area contributed by atoms with E-state index in [0.717, 1.165) is 25.7 Å². The van der Waals surface area contributed by atoms with Crippen LogP contribution < -0.4 is 6.54 Å². The summed E-state index contributed by atoms with van der Waals surface area (Å²) < 4.78 is 12.5. The van der Waals surface area contributed by atoms with E-state index in [1.807, 2.05) is 0 Å². The molecule has 0 saturated carbocycles. The van der Waals surface area contributed by atoms with Crippen molar-refractivity contribution in [2.24, 2.45) is 0 Å². The van der Waals surface area contributed by atoms with Crippen LogP contribution in [-0.4, -0.2) is 0 Å². The number of rotatable bonds is 10. The molecule has 8 rings (SSSR count). The van der Waals surface area contributed by atoms with E-state index < -0.39 is 40.5 Å². The van der Waals surface area contributed by atoms with E-state index >= 15 is 0 Å². The van der Waals surface area contributed by atoms with Crippen LogP contribution in [0.4, 0.5) is 0 Å². The van der Waals surface area contributed by atoms with Crippen LogP contribution in [-0.2, 0) is 48.8 Å². The fourth-order valence-electron chi connectivity index (χ4n) is 8.16. The molecule has 0 unspecified atom stereocenters. The predicted molar refractivity (Wildman–Crippen MR) is 200 cm³/mol. The van der Waals surface area contributed by atoms with Crippen LogP contribution >= 0.6 is 0 Å². The van der Waals surface area contributed by atoms with Gasteiger partial charge in [0.25, 0.3) is 0 Å². The van der Waals surface area contributed by atoms with Gasteiger partial charge in [0.1, 0.15) is 0 Å². The maximum atomic E-state index is 2.45. The first kappa shape index (κ1) is 33.1. The second-order valence-electron chi connectivity index (χ2n) is 13.2. The minimum absolute atomic E-state index is 1.11. The third kappa shape index (κ3) is 6.99. The standard InChI is InChI=1S/2C7H7.2C6H5.4C5H5.2Zr/c2*1-7-5-3-2-4-6-7;2*1-2-4-6-5-3-1;4*1-2-4-5-3-1;;/h2*2-6H,1H2;2*1-5H;4*1-3H,4H2;;. The molecule has 0 radical (unpaired) electrons. The third-order valence-electron chi connectivity index (χ3n) is 10.4. The zero-order valence-corrected chi connectivity index (χ0v) is 32.6. The van der Waals surface area contributed by atoms with Gasteiger partial charge in [-0.05, 0) is 0 Å². The van der Waals surface area contributed by atoms with E-state index in [-0.39, 0.29) is 0 Å². The Morgan fingerprint density at radius 2 is 0.667 bits per heavy atom. The van der Waals surface area contributed by atoms with Gasteiger partial charge in [-0.1, -0.05) is 0 Å². The van der Waals surface area contributed by atoms with Crippen molar-refractivity contribution >= 4 is 6.54 Å². The van der Waals surface area contributed by atoms with Crippen molar-refractivity contribution < 1.29 is 40.5 Å². The zero-order valence-electron chi connectivity index (χ0n) is 27.7. The summed E-state index contributed by atoms with van der Waals surface area (Å²) in [6.45, 7) is 0. The quantitative estimate of drug-likeness (QED) is 0.150. The summed E-state index contributed by atoms with van der Waals surface area (Å²) in [5, 5.41) is 0. The van der Waals surface area contributed by atoms with Crippen LogP contribution in [0.15, 0.2) is 207 Å². The van der Waals surface area contributed by atoms with Crippen molar-refractivity contribution in [1.82, 2.24) is 0 Å². The molecule has 4 aliphatic rings. The summed E-state index contributed by atoms with van der Waals surface area (Å²) in [6.07, 6.45) is 32.6. The van der Waals surface area contributed by atoms with Crippen molar-refractivity contribution in [3.05, 3.63) is 218 Å². The van der Waals surface area contributed by atoms with Gasteiger partial charge in [0.15, 0.2) is 0 Å². The first-order chi connectivity index (χ1) is 23.8. The Morgan fingerprint density at radius 1 is 0.354 bits per heavy atom. The average Bonchev–Trinajstić information content (AvgIpc) is 4.00. The van der Waals surface area contributed by atoms with Gasteiger partial charge in [0, 0.05) is 0 Å². The topological polar surface area (TPSA) is 0 Å². The van der Waals surface area contributed by atoms with Crippen molar-refractivity contribution in [2.45, 2.75) is 33.9 Å². The van der Waals surface area contributed by atoms with Crippen LogP contribution in [0.25, 0.3) is 0 Å². The SMILES string of the molecule is C1=CC[C]([Zr]([CH2]c2ccccc2)([CH2]c2ccccc2)[C]2=CC=CC2)=C1.C1=CC[C]([Zr]([C]2=CC=CC2)([c]2ccccc2)[c]2ccccc2)=C1. The zero-order chi connectivity index (χ0) is 32.5. The molecule has 0 aromatic heterocycles. The Kier molecular flexibility index (Phi) is 10.9. The van der Waals surface area contributed by atoms with Crippen molar-refractivity contribution in [1.29, 1.82) is 0 Å². The Morgan fingerprint density at radius 3 is 0.979 bits per heavy atom. The van der Waals surface area contributed by atoms with Crippen LogP contribution in [0.5, 0.6) is 0 Å². The van der Waals surface area contributed by atoms with Gasteiger partial charge in [0.2, 0.25) is 0 Å². The van der Waals surface area contributed by atoms with Gasteiger partial charge in [-0.25, -0.2) is 0 Å². The molecule has 0 bridgehead atoms. The molecule has 0 saturated heterocycles. The van der Waals surface area contributed by atoms with Crippen LogP contribution in [0.2, 0.25) is 0 Å². The molecular formula is C46H44Zr2. The van der Waals surface area contributed by atoms with E-state index in [9.17, 15) is 0 Å². The number of hydrogen-bond acceptors (Lipinski definition) is 0. The van der Waals surface area contributed by atoms with E-state index in [1.54, 1.807) is 19.7 Å². The Bertz CT molecular complexity index is 1790. The van der Waals surface area contributed by atoms with Crippen molar-refractivity contribution in [3.8, 4) is 0 Å². The number of benzene rings is 4. The summed E-state index contributed by atoms with van der Waals surface area (Å²) >= 11 is -5.85. The van der Waals surface area contributed by atoms with Crippen molar-refractivity contribution in [3.63, 3.8) is 0 Å². The molecule has 0 spiro atoms. The Labute approximate surface area is 296 Å². The summed E-state index contributed by atoms with van der Waals surface area (Å²) in [4.78, 5) is 0. The summed E-state index contributed by atoms with van der Waals surface area (Å²) in [7, 11) is 0. The van der Waals surface area contributed by atoms with Gasteiger partial charge >= 0.3 is 300 Å². The van der Waals surface area contributed by atoms with Crippen LogP contribution in [0.3, 0.4) is 0 Å². The van der Waals surface area contributed by atoms with E-state index in [1.165, 1.54) is 19.4 Å². The predicted octanol–water partition coefficient (Wildman–Crippen LogP) is 10.7. The van der Waals surface area contributed by atoms with Crippen LogP contribution in [0, 0.1) is 0 Å². The monoisotopic (exact) mass is 776 g/mol. The Balaban J connectivity index is 0.000000152. The molecule has 0 aliphatic heterocycles. The molecule has 0 fully saturated rings. The van der Waals surface area contributed by atoms with Crippen LogP contribution in [0.1, 0.15) is 36.8 Å². The molecule has 4 aromatic rings. The molecular weight excluding hydrogens is 735 g/mol. The van der Waals surface area contributed by atoms with Gasteiger partial charge in [0.05, 0.1) is 0 Å². The molecule has 0 atom stereocenters. The minimum atomic E-state index is -3.07. The molecule has 2 heteroatoms.